The van der Waals surface area contributed by atoms with Crippen LogP contribution < -0.4 is 5.32 Å². The van der Waals surface area contributed by atoms with E-state index < -0.39 is 10.7 Å². The third kappa shape index (κ3) is 3.82. The van der Waals surface area contributed by atoms with Crippen LogP contribution in [0.5, 0.6) is 0 Å². The van der Waals surface area contributed by atoms with Crippen molar-refractivity contribution in [1.29, 1.82) is 0 Å². The van der Waals surface area contributed by atoms with Crippen LogP contribution in [0.15, 0.2) is 22.6 Å². The highest BCUT2D eigenvalue weighted by Gasteiger charge is 2.21. The van der Waals surface area contributed by atoms with Gasteiger partial charge in [0.25, 0.3) is 11.6 Å². The molecular formula is C13H15FN4O3. The Balaban J connectivity index is 2.17. The molecule has 0 amide bonds. The number of rotatable bonds is 7. The Morgan fingerprint density at radius 3 is 2.95 bits per heavy atom. The lowest BCUT2D eigenvalue weighted by molar-refractivity contribution is -0.384. The maximum absolute atomic E-state index is 13.3. The van der Waals surface area contributed by atoms with Crippen LogP contribution in [0, 0.1) is 15.9 Å². The number of nitrogens with zero attached hydrogens (tertiary/aromatic N) is 3. The van der Waals surface area contributed by atoms with Gasteiger partial charge in [0, 0.05) is 12.5 Å². The van der Waals surface area contributed by atoms with E-state index in [-0.39, 0.29) is 17.1 Å². The van der Waals surface area contributed by atoms with Gasteiger partial charge in [0.1, 0.15) is 11.4 Å². The lowest BCUT2D eigenvalue weighted by Gasteiger charge is -1.99. The first-order chi connectivity index (χ1) is 10.1. The van der Waals surface area contributed by atoms with Crippen LogP contribution in [0.4, 0.5) is 10.1 Å². The second kappa shape index (κ2) is 6.89. The molecule has 0 aliphatic carbocycles. The summed E-state index contributed by atoms with van der Waals surface area (Å²) >= 11 is 0. The number of nitrogens with one attached hydrogen (secondary N) is 1. The van der Waals surface area contributed by atoms with Gasteiger partial charge in [-0.1, -0.05) is 6.92 Å². The number of hydrogen-bond donors (Lipinski definition) is 1. The highest BCUT2D eigenvalue weighted by atomic mass is 19.1. The number of nitro groups is 1. The molecule has 0 radical (unpaired) electrons. The van der Waals surface area contributed by atoms with Crippen LogP contribution in [0.2, 0.25) is 0 Å². The lowest BCUT2D eigenvalue weighted by Crippen LogP contribution is -2.14. The van der Waals surface area contributed by atoms with Gasteiger partial charge in [0.05, 0.1) is 4.92 Å². The summed E-state index contributed by atoms with van der Waals surface area (Å²) in [7, 11) is 0. The predicted molar refractivity (Wildman–Crippen MR) is 73.2 cm³/mol. The van der Waals surface area contributed by atoms with Gasteiger partial charge in [-0.25, -0.2) is 4.39 Å². The Bertz CT molecular complexity index is 630. The van der Waals surface area contributed by atoms with Crippen LogP contribution >= 0.6 is 0 Å². The van der Waals surface area contributed by atoms with Crippen molar-refractivity contribution in [2.24, 2.45) is 0 Å². The maximum atomic E-state index is 13.3. The van der Waals surface area contributed by atoms with Crippen molar-refractivity contribution in [2.45, 2.75) is 19.8 Å². The number of aromatic nitrogens is 2. The molecule has 0 aliphatic rings. The predicted octanol–water partition coefficient (Wildman–Crippen LogP) is 2.33. The SMILES string of the molecule is CCNCCCc1nnc(-c2cc(F)ccc2[N+](=O)[O-])o1. The summed E-state index contributed by atoms with van der Waals surface area (Å²) in [5.41, 5.74) is -0.273. The molecule has 1 aromatic carbocycles. The molecule has 0 saturated heterocycles. The first-order valence-electron chi connectivity index (χ1n) is 6.59. The van der Waals surface area contributed by atoms with Gasteiger partial charge in [0.2, 0.25) is 5.89 Å². The standard InChI is InChI=1S/C13H15FN4O3/c1-2-15-7-3-4-12-16-17-13(21-12)10-8-9(14)5-6-11(10)18(19)20/h5-6,8,15H,2-4,7H2,1H3. The topological polar surface area (TPSA) is 94.1 Å². The zero-order valence-electron chi connectivity index (χ0n) is 11.5. The summed E-state index contributed by atoms with van der Waals surface area (Å²) < 4.78 is 18.6. The number of benzene rings is 1. The van der Waals surface area contributed by atoms with Crippen molar-refractivity contribution in [3.05, 3.63) is 40.0 Å². The normalized spacial score (nSPS) is 10.8. The highest BCUT2D eigenvalue weighted by Crippen LogP contribution is 2.29. The third-order valence-corrected chi connectivity index (χ3v) is 2.85. The largest absolute Gasteiger partial charge is 0.420 e. The van der Waals surface area contributed by atoms with E-state index in [0.29, 0.717) is 12.3 Å². The third-order valence-electron chi connectivity index (χ3n) is 2.85. The second-order valence-electron chi connectivity index (χ2n) is 4.38. The number of hydrogen-bond acceptors (Lipinski definition) is 6. The zero-order valence-corrected chi connectivity index (χ0v) is 11.5. The Labute approximate surface area is 120 Å². The van der Waals surface area contributed by atoms with E-state index in [9.17, 15) is 14.5 Å². The minimum absolute atomic E-state index is 0.00886. The maximum Gasteiger partial charge on any atom is 0.282 e. The molecule has 0 aliphatic heterocycles. The van der Waals surface area contributed by atoms with E-state index in [1.165, 1.54) is 0 Å². The molecule has 0 saturated carbocycles. The zero-order chi connectivity index (χ0) is 15.2. The van der Waals surface area contributed by atoms with Crippen LogP contribution in [0.1, 0.15) is 19.2 Å². The minimum Gasteiger partial charge on any atom is -0.420 e. The molecular weight excluding hydrogens is 279 g/mol. The van der Waals surface area contributed by atoms with Crippen molar-refractivity contribution in [3.8, 4) is 11.5 Å². The smallest absolute Gasteiger partial charge is 0.282 e. The molecule has 0 bridgehead atoms. The van der Waals surface area contributed by atoms with Gasteiger partial charge >= 0.3 is 0 Å². The molecule has 0 unspecified atom stereocenters. The molecule has 0 fully saturated rings. The van der Waals surface area contributed by atoms with E-state index in [1.54, 1.807) is 0 Å². The molecule has 0 spiro atoms. The van der Waals surface area contributed by atoms with Gasteiger partial charge in [0.15, 0.2) is 0 Å². The minimum atomic E-state index is -0.607. The van der Waals surface area contributed by atoms with Gasteiger partial charge in [-0.2, -0.15) is 0 Å². The Kier molecular flexibility index (Phi) is 4.94. The molecule has 2 aromatic rings. The molecule has 1 heterocycles. The Morgan fingerprint density at radius 1 is 1.43 bits per heavy atom. The number of halogens is 1. The number of nitro benzene ring substituents is 1. The second-order valence-corrected chi connectivity index (χ2v) is 4.38. The summed E-state index contributed by atoms with van der Waals surface area (Å²) in [5, 5.41) is 21.7. The Morgan fingerprint density at radius 2 is 2.24 bits per heavy atom. The summed E-state index contributed by atoms with van der Waals surface area (Å²) in [5.74, 6) is -0.261. The number of aryl methyl sites for hydroxylation is 1. The van der Waals surface area contributed by atoms with Crippen LogP contribution in [0.3, 0.4) is 0 Å². The first-order valence-corrected chi connectivity index (χ1v) is 6.59. The lowest BCUT2D eigenvalue weighted by atomic mass is 10.2. The van der Waals surface area contributed by atoms with E-state index >= 15 is 0 Å². The molecule has 2 rings (SSSR count). The monoisotopic (exact) mass is 294 g/mol. The molecule has 112 valence electrons. The van der Waals surface area contributed by atoms with Gasteiger partial charge < -0.3 is 9.73 Å². The average molecular weight is 294 g/mol. The summed E-state index contributed by atoms with van der Waals surface area (Å²) in [4.78, 5) is 10.3. The summed E-state index contributed by atoms with van der Waals surface area (Å²) in [6, 6.07) is 3.13. The van der Waals surface area contributed by atoms with Crippen LogP contribution in [-0.2, 0) is 6.42 Å². The molecule has 1 N–H and O–H groups in total. The van der Waals surface area contributed by atoms with Crippen LogP contribution in [0.25, 0.3) is 11.5 Å². The van der Waals surface area contributed by atoms with E-state index in [0.717, 1.165) is 37.7 Å². The fourth-order valence-electron chi connectivity index (χ4n) is 1.84. The van der Waals surface area contributed by atoms with Gasteiger partial charge in [-0.15, -0.1) is 10.2 Å². The summed E-state index contributed by atoms with van der Waals surface area (Å²) in [6.07, 6.45) is 1.36. The van der Waals surface area contributed by atoms with Crippen molar-refractivity contribution >= 4 is 5.69 Å². The van der Waals surface area contributed by atoms with Crippen LogP contribution in [-0.4, -0.2) is 28.2 Å². The summed E-state index contributed by atoms with van der Waals surface area (Å²) in [6.45, 7) is 3.70. The van der Waals surface area contributed by atoms with E-state index in [4.69, 9.17) is 4.42 Å². The molecule has 1 aromatic heterocycles. The first kappa shape index (κ1) is 15.0. The average Bonchev–Trinajstić information content (AvgIpc) is 2.92. The molecule has 21 heavy (non-hydrogen) atoms. The van der Waals surface area contributed by atoms with Crippen molar-refractivity contribution in [1.82, 2.24) is 15.5 Å². The molecule has 7 nitrogen and oxygen atoms in total. The van der Waals surface area contributed by atoms with Gasteiger partial charge in [-0.3, -0.25) is 10.1 Å². The fraction of sp³-hybridized carbons (Fsp3) is 0.385. The fourth-order valence-corrected chi connectivity index (χ4v) is 1.84. The molecule has 0 atom stereocenters. The Hall–Kier alpha value is -2.35. The highest BCUT2D eigenvalue weighted by molar-refractivity contribution is 5.66. The molecule has 8 heteroatoms. The van der Waals surface area contributed by atoms with Crippen molar-refractivity contribution < 1.29 is 13.7 Å². The van der Waals surface area contributed by atoms with Crippen molar-refractivity contribution in [2.75, 3.05) is 13.1 Å². The van der Waals surface area contributed by atoms with Gasteiger partial charge in [-0.05, 0) is 31.6 Å². The quantitative estimate of drug-likeness (QED) is 0.478. The van der Waals surface area contributed by atoms with E-state index in [1.807, 2.05) is 6.92 Å². The van der Waals surface area contributed by atoms with Crippen molar-refractivity contribution in [3.63, 3.8) is 0 Å². The van der Waals surface area contributed by atoms with E-state index in [2.05, 4.69) is 15.5 Å².